The molecule has 144 valence electrons. The first kappa shape index (κ1) is 17.8. The summed E-state index contributed by atoms with van der Waals surface area (Å²) in [4.78, 5) is 38.5. The summed E-state index contributed by atoms with van der Waals surface area (Å²) in [5, 5.41) is 0.810. The molecule has 0 N–H and O–H groups in total. The third-order valence-electron chi connectivity index (χ3n) is 4.90. The van der Waals surface area contributed by atoms with Crippen molar-refractivity contribution in [2.75, 3.05) is 18.7 Å². The Bertz CT molecular complexity index is 1120. The van der Waals surface area contributed by atoms with Crippen LogP contribution < -0.4 is 4.90 Å². The van der Waals surface area contributed by atoms with Crippen molar-refractivity contribution in [3.8, 4) is 0 Å². The van der Waals surface area contributed by atoms with Crippen molar-refractivity contribution in [3.63, 3.8) is 0 Å². The van der Waals surface area contributed by atoms with E-state index in [-0.39, 0.29) is 18.4 Å². The van der Waals surface area contributed by atoms with Gasteiger partial charge in [0.05, 0.1) is 23.4 Å². The molecule has 0 saturated heterocycles. The molecule has 0 aliphatic carbocycles. The van der Waals surface area contributed by atoms with Crippen LogP contribution in [0.4, 0.5) is 11.5 Å². The lowest BCUT2D eigenvalue weighted by atomic mass is 10.1. The number of ether oxygens (including phenoxy) is 1. The molecule has 2 amide bonds. The van der Waals surface area contributed by atoms with E-state index in [0.29, 0.717) is 17.9 Å². The van der Waals surface area contributed by atoms with Gasteiger partial charge < -0.3 is 4.74 Å². The van der Waals surface area contributed by atoms with E-state index in [4.69, 9.17) is 4.74 Å². The van der Waals surface area contributed by atoms with Gasteiger partial charge in [-0.2, -0.15) is 0 Å². The number of aromatic nitrogens is 2. The molecule has 2 aliphatic heterocycles. The molecule has 0 unspecified atom stereocenters. The molecule has 5 rings (SSSR count). The minimum absolute atomic E-state index is 0.207. The molecule has 0 radical (unpaired) electrons. The summed E-state index contributed by atoms with van der Waals surface area (Å²) in [6.07, 6.45) is 3.31. The third kappa shape index (κ3) is 2.88. The minimum atomic E-state index is -0.261. The van der Waals surface area contributed by atoms with Crippen LogP contribution in [0.2, 0.25) is 0 Å². The van der Waals surface area contributed by atoms with Gasteiger partial charge in [0.1, 0.15) is 11.8 Å². The lowest BCUT2D eigenvalue weighted by molar-refractivity contribution is 0.0642. The summed E-state index contributed by atoms with van der Waals surface area (Å²) in [6, 6.07) is 12.8. The monoisotopic (exact) mass is 404 g/mol. The van der Waals surface area contributed by atoms with E-state index in [0.717, 1.165) is 27.0 Å². The van der Waals surface area contributed by atoms with Gasteiger partial charge in [0, 0.05) is 24.4 Å². The van der Waals surface area contributed by atoms with E-state index in [1.165, 1.54) is 16.7 Å². The summed E-state index contributed by atoms with van der Waals surface area (Å²) >= 11 is 1.54. The second-order valence-electron chi connectivity index (χ2n) is 6.68. The standard InChI is InChI=1S/C21H16N4O3S/c1-28-12-25-16-10-13(6-7-17(16)29-19-18(25)22-8-9-23-19)11-24-20(26)14-4-2-3-5-15(14)21(24)27/h2-10H,11-12H2,1H3. The predicted octanol–water partition coefficient (Wildman–Crippen LogP) is 3.48. The highest BCUT2D eigenvalue weighted by molar-refractivity contribution is 7.99. The summed E-state index contributed by atoms with van der Waals surface area (Å²) < 4.78 is 5.37. The lowest BCUT2D eigenvalue weighted by Crippen LogP contribution is -2.29. The Morgan fingerprint density at radius 1 is 0.966 bits per heavy atom. The van der Waals surface area contributed by atoms with Crippen LogP contribution in [0.1, 0.15) is 26.3 Å². The highest BCUT2D eigenvalue weighted by Crippen LogP contribution is 2.46. The molecule has 3 heterocycles. The predicted molar refractivity (Wildman–Crippen MR) is 107 cm³/mol. The van der Waals surface area contributed by atoms with Gasteiger partial charge in [-0.05, 0) is 29.8 Å². The molecular weight excluding hydrogens is 388 g/mol. The van der Waals surface area contributed by atoms with Gasteiger partial charge in [-0.1, -0.05) is 30.0 Å². The van der Waals surface area contributed by atoms with Crippen molar-refractivity contribution in [1.29, 1.82) is 0 Å². The van der Waals surface area contributed by atoms with Crippen molar-refractivity contribution < 1.29 is 14.3 Å². The topological polar surface area (TPSA) is 75.6 Å². The first-order chi connectivity index (χ1) is 14.2. The zero-order valence-corrected chi connectivity index (χ0v) is 16.3. The van der Waals surface area contributed by atoms with E-state index >= 15 is 0 Å². The molecule has 0 atom stereocenters. The molecule has 0 saturated carbocycles. The van der Waals surface area contributed by atoms with Crippen LogP contribution in [-0.2, 0) is 11.3 Å². The van der Waals surface area contributed by atoms with Crippen molar-refractivity contribution in [1.82, 2.24) is 14.9 Å². The van der Waals surface area contributed by atoms with Crippen LogP contribution in [0.25, 0.3) is 0 Å². The number of carbonyl (C=O) groups excluding carboxylic acids is 2. The maximum absolute atomic E-state index is 12.7. The molecule has 8 heteroatoms. The van der Waals surface area contributed by atoms with Gasteiger partial charge in [-0.15, -0.1) is 0 Å². The molecule has 0 spiro atoms. The van der Waals surface area contributed by atoms with Crippen LogP contribution in [0.3, 0.4) is 0 Å². The molecule has 0 fully saturated rings. The molecule has 2 aliphatic rings. The number of hydrogen-bond acceptors (Lipinski definition) is 7. The maximum atomic E-state index is 12.7. The quantitative estimate of drug-likeness (QED) is 0.616. The molecule has 2 aromatic carbocycles. The Morgan fingerprint density at radius 2 is 1.69 bits per heavy atom. The summed E-state index contributed by atoms with van der Waals surface area (Å²) in [5.41, 5.74) is 2.68. The zero-order chi connectivity index (χ0) is 20.0. The van der Waals surface area contributed by atoms with Gasteiger partial charge in [0.25, 0.3) is 11.8 Å². The Kier molecular flexibility index (Phi) is 4.30. The fraction of sp³-hybridized carbons (Fsp3) is 0.143. The second kappa shape index (κ2) is 6.98. The number of hydrogen-bond donors (Lipinski definition) is 0. The Labute approximate surface area is 171 Å². The average molecular weight is 404 g/mol. The van der Waals surface area contributed by atoms with Gasteiger partial charge in [0.15, 0.2) is 5.82 Å². The smallest absolute Gasteiger partial charge is 0.261 e. The Hall–Kier alpha value is -3.23. The lowest BCUT2D eigenvalue weighted by Gasteiger charge is -2.30. The number of anilines is 2. The number of nitrogens with zero attached hydrogens (tertiary/aromatic N) is 4. The Balaban J connectivity index is 1.48. The largest absolute Gasteiger partial charge is 0.364 e. The number of imide groups is 1. The van der Waals surface area contributed by atoms with E-state index in [1.54, 1.807) is 43.8 Å². The van der Waals surface area contributed by atoms with Crippen molar-refractivity contribution in [2.45, 2.75) is 16.5 Å². The molecule has 3 aromatic rings. The van der Waals surface area contributed by atoms with Gasteiger partial charge in [-0.25, -0.2) is 9.97 Å². The third-order valence-corrected chi connectivity index (χ3v) is 5.95. The SMILES string of the molecule is COCN1c2cc(CN3C(=O)c4ccccc4C3=O)ccc2Sc2nccnc21. The van der Waals surface area contributed by atoms with Crippen molar-refractivity contribution >= 4 is 35.1 Å². The summed E-state index contributed by atoms with van der Waals surface area (Å²) in [7, 11) is 1.63. The maximum Gasteiger partial charge on any atom is 0.261 e. The molecule has 29 heavy (non-hydrogen) atoms. The van der Waals surface area contributed by atoms with E-state index in [2.05, 4.69) is 9.97 Å². The number of carbonyl (C=O) groups is 2. The van der Waals surface area contributed by atoms with Gasteiger partial charge >= 0.3 is 0 Å². The van der Waals surface area contributed by atoms with E-state index < -0.39 is 0 Å². The highest BCUT2D eigenvalue weighted by atomic mass is 32.2. The molecule has 7 nitrogen and oxygen atoms in total. The number of methoxy groups -OCH3 is 1. The number of benzene rings is 2. The highest BCUT2D eigenvalue weighted by Gasteiger charge is 2.35. The molecular formula is C21H16N4O3S. The summed E-state index contributed by atoms with van der Waals surface area (Å²) in [6.45, 7) is 0.522. The van der Waals surface area contributed by atoms with E-state index in [1.807, 2.05) is 23.1 Å². The number of fused-ring (bicyclic) bond motifs is 3. The fourth-order valence-electron chi connectivity index (χ4n) is 3.58. The first-order valence-electron chi connectivity index (χ1n) is 9.01. The Morgan fingerprint density at radius 3 is 2.41 bits per heavy atom. The number of amides is 2. The van der Waals surface area contributed by atoms with Crippen molar-refractivity contribution in [3.05, 3.63) is 71.5 Å². The summed E-state index contributed by atoms with van der Waals surface area (Å²) in [5.74, 6) is 0.204. The second-order valence-corrected chi connectivity index (χ2v) is 7.71. The molecule has 0 bridgehead atoms. The fourth-order valence-corrected chi connectivity index (χ4v) is 4.56. The van der Waals surface area contributed by atoms with Gasteiger partial charge in [-0.3, -0.25) is 19.4 Å². The van der Waals surface area contributed by atoms with Crippen LogP contribution in [0, 0.1) is 0 Å². The van der Waals surface area contributed by atoms with E-state index in [9.17, 15) is 9.59 Å². The normalized spacial score (nSPS) is 14.7. The van der Waals surface area contributed by atoms with Crippen molar-refractivity contribution in [2.24, 2.45) is 0 Å². The van der Waals surface area contributed by atoms with Crippen LogP contribution in [0.15, 0.2) is 64.8 Å². The average Bonchev–Trinajstić information content (AvgIpc) is 2.99. The molecule has 1 aromatic heterocycles. The van der Waals surface area contributed by atoms with Crippen LogP contribution >= 0.6 is 11.8 Å². The zero-order valence-electron chi connectivity index (χ0n) is 15.5. The number of rotatable bonds is 4. The van der Waals surface area contributed by atoms with Gasteiger partial charge in [0.2, 0.25) is 0 Å². The van der Waals surface area contributed by atoms with Crippen LogP contribution in [0.5, 0.6) is 0 Å². The van der Waals surface area contributed by atoms with Crippen LogP contribution in [-0.4, -0.2) is 40.5 Å². The minimum Gasteiger partial charge on any atom is -0.364 e. The first-order valence-corrected chi connectivity index (χ1v) is 9.82.